The largest absolute Gasteiger partial charge is 0.477 e. The predicted octanol–water partition coefficient (Wildman–Crippen LogP) is 25.4. The number of carbonyl (C=O) groups is 3. The number of likely N-dealkylation sites (N-methyl/N-ethyl adjacent to an activating group) is 1. The van der Waals surface area contributed by atoms with Crippen molar-refractivity contribution in [2.75, 3.05) is 47.5 Å². The quantitative estimate of drug-likeness (QED) is 0.0211. The Morgan fingerprint density at radius 1 is 0.320 bits per heavy atom. The summed E-state index contributed by atoms with van der Waals surface area (Å²) < 4.78 is 23.0. The summed E-state index contributed by atoms with van der Waals surface area (Å²) in [5.41, 5.74) is 0. The molecule has 2 atom stereocenters. The van der Waals surface area contributed by atoms with E-state index in [4.69, 9.17) is 18.9 Å². The van der Waals surface area contributed by atoms with E-state index < -0.39 is 24.3 Å². The van der Waals surface area contributed by atoms with Gasteiger partial charge in [0.05, 0.1) is 34.4 Å². The molecule has 0 fully saturated rings. The van der Waals surface area contributed by atoms with Crippen molar-refractivity contribution in [3.05, 3.63) is 170 Å². The van der Waals surface area contributed by atoms with Gasteiger partial charge in [-0.3, -0.25) is 9.59 Å². The van der Waals surface area contributed by atoms with Crippen molar-refractivity contribution in [2.24, 2.45) is 0 Å². The monoisotopic (exact) mass is 1350 g/mol. The smallest absolute Gasteiger partial charge is 0.361 e. The Bertz CT molecular complexity index is 2210. The summed E-state index contributed by atoms with van der Waals surface area (Å²) in [7, 11) is 5.96. The molecule has 0 aromatic carbocycles. The predicted molar refractivity (Wildman–Crippen MR) is 419 cm³/mol. The van der Waals surface area contributed by atoms with Gasteiger partial charge in [0.1, 0.15) is 13.2 Å². The zero-order valence-corrected chi connectivity index (χ0v) is 62.9. The number of quaternary nitrogens is 1. The Kier molecular flexibility index (Phi) is 72.2. The summed E-state index contributed by atoms with van der Waals surface area (Å²) in [6.07, 6.45) is 112. The van der Waals surface area contributed by atoms with Crippen molar-refractivity contribution in [1.29, 1.82) is 0 Å². The topological polar surface area (TPSA) is 108 Å². The number of esters is 2. The molecule has 0 aliphatic heterocycles. The van der Waals surface area contributed by atoms with E-state index in [1.165, 1.54) is 148 Å². The van der Waals surface area contributed by atoms with Crippen LogP contribution in [0.25, 0.3) is 0 Å². The Morgan fingerprint density at radius 2 is 0.588 bits per heavy atom. The number of nitrogens with zero attached hydrogens (tertiary/aromatic N) is 1. The molecule has 97 heavy (non-hydrogen) atoms. The van der Waals surface area contributed by atoms with Gasteiger partial charge in [-0.2, -0.15) is 0 Å². The van der Waals surface area contributed by atoms with Crippen molar-refractivity contribution >= 4 is 17.9 Å². The number of ether oxygens (including phenoxy) is 4. The molecule has 0 radical (unpaired) electrons. The highest BCUT2D eigenvalue weighted by Crippen LogP contribution is 2.17. The first-order chi connectivity index (χ1) is 47.6. The van der Waals surface area contributed by atoms with Gasteiger partial charge < -0.3 is 28.5 Å². The molecule has 0 amide bonds. The lowest BCUT2D eigenvalue weighted by Gasteiger charge is -2.25. The van der Waals surface area contributed by atoms with Crippen LogP contribution in [0, 0.1) is 0 Å². The molecule has 0 saturated heterocycles. The van der Waals surface area contributed by atoms with Crippen LogP contribution in [-0.2, 0) is 33.3 Å². The van der Waals surface area contributed by atoms with Gasteiger partial charge in [0.25, 0.3) is 6.29 Å². The summed E-state index contributed by atoms with van der Waals surface area (Å²) >= 11 is 0. The molecule has 0 aliphatic carbocycles. The number of hydrogen-bond acceptors (Lipinski definition) is 7. The Balaban J connectivity index is 4.17. The van der Waals surface area contributed by atoms with E-state index in [-0.39, 0.29) is 38.6 Å². The molecule has 0 aromatic heterocycles. The van der Waals surface area contributed by atoms with Gasteiger partial charge in [-0.1, -0.05) is 332 Å². The third-order valence-electron chi connectivity index (χ3n) is 16.5. The third kappa shape index (κ3) is 77.9. The van der Waals surface area contributed by atoms with E-state index >= 15 is 0 Å². The molecule has 0 rings (SSSR count). The molecular formula is C88H146NO8+. The minimum absolute atomic E-state index is 0.175. The lowest BCUT2D eigenvalue weighted by atomic mass is 10.0. The number of unbranched alkanes of at least 4 members (excludes halogenated alkanes) is 28. The van der Waals surface area contributed by atoms with Gasteiger partial charge in [-0.25, -0.2) is 4.79 Å². The Hall–Kier alpha value is -5.35. The summed E-state index contributed by atoms with van der Waals surface area (Å²) in [4.78, 5) is 37.7. The van der Waals surface area contributed by atoms with E-state index in [9.17, 15) is 19.5 Å². The Labute approximate surface area is 597 Å². The van der Waals surface area contributed by atoms with E-state index in [0.717, 1.165) is 128 Å². The number of carboxylic acid groups (broad SMARTS) is 1. The van der Waals surface area contributed by atoms with Gasteiger partial charge in [-0.05, 0) is 135 Å². The highest BCUT2D eigenvalue weighted by Gasteiger charge is 2.25. The van der Waals surface area contributed by atoms with Crippen LogP contribution in [0.5, 0.6) is 0 Å². The average Bonchev–Trinajstić information content (AvgIpc) is 3.27. The molecule has 9 heteroatoms. The molecule has 0 spiro atoms. The van der Waals surface area contributed by atoms with Crippen LogP contribution in [0.4, 0.5) is 0 Å². The minimum atomic E-state index is -1.53. The van der Waals surface area contributed by atoms with Crippen molar-refractivity contribution < 1.29 is 42.9 Å². The first kappa shape index (κ1) is 91.6. The molecule has 550 valence electrons. The molecule has 0 aromatic rings. The number of carbonyl (C=O) groups excluding carboxylic acids is 2. The summed E-state index contributed by atoms with van der Waals surface area (Å²) in [6.45, 7) is 4.73. The van der Waals surface area contributed by atoms with E-state index in [0.29, 0.717) is 17.4 Å². The summed E-state index contributed by atoms with van der Waals surface area (Å²) in [6, 6.07) is 0. The van der Waals surface area contributed by atoms with Crippen molar-refractivity contribution in [3.63, 3.8) is 0 Å². The van der Waals surface area contributed by atoms with Crippen LogP contribution in [0.3, 0.4) is 0 Å². The van der Waals surface area contributed by atoms with Crippen LogP contribution in [-0.4, -0.2) is 87.4 Å². The van der Waals surface area contributed by atoms with Crippen molar-refractivity contribution in [3.8, 4) is 0 Å². The van der Waals surface area contributed by atoms with E-state index in [1.54, 1.807) is 0 Å². The zero-order valence-electron chi connectivity index (χ0n) is 62.9. The Morgan fingerprint density at radius 3 is 0.876 bits per heavy atom. The van der Waals surface area contributed by atoms with Gasteiger partial charge in [-0.15, -0.1) is 0 Å². The minimum Gasteiger partial charge on any atom is -0.477 e. The fraction of sp³-hybridized carbons (Fsp3) is 0.648. The van der Waals surface area contributed by atoms with Crippen LogP contribution in [0.15, 0.2) is 170 Å². The summed E-state index contributed by atoms with van der Waals surface area (Å²) in [5.74, 6) is -2.04. The van der Waals surface area contributed by atoms with Crippen LogP contribution in [0.2, 0.25) is 0 Å². The van der Waals surface area contributed by atoms with Crippen molar-refractivity contribution in [1.82, 2.24) is 0 Å². The first-order valence-corrected chi connectivity index (χ1v) is 39.3. The average molecular weight is 1350 g/mol. The van der Waals surface area contributed by atoms with Gasteiger partial charge >= 0.3 is 17.9 Å². The van der Waals surface area contributed by atoms with Gasteiger partial charge in [0.2, 0.25) is 0 Å². The molecule has 2 unspecified atom stereocenters. The second kappa shape index (κ2) is 76.4. The van der Waals surface area contributed by atoms with Crippen LogP contribution in [0.1, 0.15) is 309 Å². The molecule has 9 nitrogen and oxygen atoms in total. The fourth-order valence-electron chi connectivity index (χ4n) is 10.5. The third-order valence-corrected chi connectivity index (χ3v) is 16.5. The SMILES string of the molecule is CC/C=C\C/C=C\C/C=C\C/C=C\C/C=C\C/C=C\C/C=C\C/C=C\C/C=C\C/C=C\C/C=C\C/C=C\CCCCCCC(=O)OC(COC(=O)CCCCCCCCCCCCCCCCCCCCC/C=C\C/C=C\CCCCCCC)COC(OCC[N+](C)(C)C)C(=O)O. The van der Waals surface area contributed by atoms with E-state index in [2.05, 4.69) is 184 Å². The fourth-order valence-corrected chi connectivity index (χ4v) is 10.5. The van der Waals surface area contributed by atoms with Crippen LogP contribution < -0.4 is 0 Å². The lowest BCUT2D eigenvalue weighted by Crippen LogP contribution is -2.40. The number of aliphatic carboxylic acids is 1. The highest BCUT2D eigenvalue weighted by atomic mass is 16.7. The molecule has 0 saturated carbocycles. The maximum atomic E-state index is 13.0. The number of carboxylic acids is 1. The van der Waals surface area contributed by atoms with E-state index in [1.807, 2.05) is 21.1 Å². The maximum absolute atomic E-state index is 13.0. The first-order valence-electron chi connectivity index (χ1n) is 39.3. The second-order valence-electron chi connectivity index (χ2n) is 26.9. The number of hydrogen-bond donors (Lipinski definition) is 1. The lowest BCUT2D eigenvalue weighted by molar-refractivity contribution is -0.870. The standard InChI is InChI=1S/C88H145NO8/c1-6-8-10-12-14-16-18-20-22-24-26-28-30-32-34-36-38-39-40-41-42-43-44-45-46-47-49-51-53-55-57-59-61-63-65-67-69-71-73-75-77-79-86(91)97-84(83-96-88(87(92)93)94-81-80-89(3,4)5)82-95-85(90)78-76-74-72-70-68-66-64-62-60-58-56-54-52-50-48-37-35-33-31-29-27-25-23-21-19-17-15-13-11-9-7-2/h8,10,14,16,19-22,25-28,32,34,38-39,41-42,44-45,47,49,53,55,59,61,65,67,84,88H,6-7,9,11-13,15,17-18,23-24,29-31,33,35-37,40,43,46,48,50-52,54,56-58,60,62-64,66,68-83H2,1-5H3/p+1/b10-8-,16-14-,21-19-,22-20-,27-25-,28-26-,34-32-,39-38-,42-41-,45-44-,49-47-,55-53-,61-59-,67-65-. The molecule has 1 N–H and O–H groups in total. The van der Waals surface area contributed by atoms with Crippen LogP contribution >= 0.6 is 0 Å². The molecule has 0 heterocycles. The molecular weight excluding hydrogens is 1200 g/mol. The second-order valence-corrected chi connectivity index (χ2v) is 26.9. The normalized spacial score (nSPS) is 13.6. The zero-order chi connectivity index (χ0) is 70.4. The highest BCUT2D eigenvalue weighted by molar-refractivity contribution is 5.71. The van der Waals surface area contributed by atoms with Gasteiger partial charge in [0, 0.05) is 12.8 Å². The number of allylic oxidation sites excluding steroid dienone is 28. The van der Waals surface area contributed by atoms with Gasteiger partial charge in [0.15, 0.2) is 6.10 Å². The number of rotatable bonds is 71. The van der Waals surface area contributed by atoms with Crippen molar-refractivity contribution in [2.45, 2.75) is 322 Å². The summed E-state index contributed by atoms with van der Waals surface area (Å²) in [5, 5.41) is 9.77. The maximum Gasteiger partial charge on any atom is 0.361 e. The molecule has 0 bridgehead atoms. The molecule has 0 aliphatic rings.